The van der Waals surface area contributed by atoms with Gasteiger partial charge in [0.05, 0.1) is 52.9 Å². The Morgan fingerprint density at radius 2 is 0.608 bits per heavy atom. The van der Waals surface area contributed by atoms with Gasteiger partial charge in [-0.3, -0.25) is 0 Å². The molecular weight excluding hydrogens is 973 g/mol. The Kier molecular flexibility index (Phi) is 23.6. The number of fused-ring (bicyclic) bond motifs is 6. The summed E-state index contributed by atoms with van der Waals surface area (Å²) >= 11 is 0. The summed E-state index contributed by atoms with van der Waals surface area (Å²) in [6.07, 6.45) is 19.8. The predicted octanol–water partition coefficient (Wildman–Crippen LogP) is 18.7. The lowest BCUT2D eigenvalue weighted by molar-refractivity contribution is 0.0145. The van der Waals surface area contributed by atoms with E-state index in [9.17, 15) is 0 Å². The van der Waals surface area contributed by atoms with Gasteiger partial charge in [-0.15, -0.1) is 0 Å². The van der Waals surface area contributed by atoms with Gasteiger partial charge in [0.25, 0.3) is 0 Å². The van der Waals surface area contributed by atoms with Crippen LogP contribution in [0.4, 0.5) is 0 Å². The monoisotopic (exact) mass is 1080 g/mol. The van der Waals surface area contributed by atoms with Crippen molar-refractivity contribution in [1.82, 2.24) is 0 Å². The molecule has 79 heavy (non-hydrogen) atoms. The zero-order chi connectivity index (χ0) is 57.5. The molecule has 2 aliphatic carbocycles. The Labute approximate surface area is 483 Å². The highest BCUT2D eigenvalue weighted by atomic mass is 16.5. The lowest BCUT2D eigenvalue weighted by Crippen LogP contribution is -2.41. The van der Waals surface area contributed by atoms with Crippen LogP contribution in [0.2, 0.25) is 0 Å². The first-order valence-corrected chi connectivity index (χ1v) is 31.5. The predicted molar refractivity (Wildman–Crippen MR) is 335 cm³/mol. The number of rotatable bonds is 36. The molecule has 6 rings (SSSR count). The zero-order valence-electron chi connectivity index (χ0n) is 53.3. The molecule has 4 aromatic carbocycles. The van der Waals surface area contributed by atoms with E-state index in [-0.39, 0.29) is 37.9 Å². The van der Waals surface area contributed by atoms with Crippen molar-refractivity contribution in [3.05, 3.63) is 117 Å². The number of hydrogen-bond donors (Lipinski definition) is 0. The van der Waals surface area contributed by atoms with Crippen molar-refractivity contribution in [1.29, 1.82) is 0 Å². The first-order chi connectivity index (χ1) is 37.6. The van der Waals surface area contributed by atoms with Crippen LogP contribution in [0.15, 0.2) is 72.8 Å². The molecule has 2 aliphatic rings. The van der Waals surface area contributed by atoms with E-state index in [0.717, 1.165) is 12.8 Å². The molecule has 4 aromatic rings. The minimum Gasteiger partial charge on any atom is -0.382 e. The van der Waals surface area contributed by atoms with Crippen molar-refractivity contribution in [2.75, 3.05) is 80.3 Å². The highest BCUT2D eigenvalue weighted by Crippen LogP contribution is 2.59. The van der Waals surface area contributed by atoms with E-state index in [1.165, 1.54) is 146 Å². The molecule has 0 unspecified atom stereocenters. The van der Waals surface area contributed by atoms with Gasteiger partial charge in [0.15, 0.2) is 0 Å². The number of benzene rings is 4. The van der Waals surface area contributed by atoms with E-state index >= 15 is 0 Å². The normalized spacial score (nSPS) is 14.9. The van der Waals surface area contributed by atoms with Crippen molar-refractivity contribution >= 4 is 0 Å². The molecule has 0 bridgehead atoms. The van der Waals surface area contributed by atoms with Crippen molar-refractivity contribution in [2.45, 2.75) is 232 Å². The van der Waals surface area contributed by atoms with Crippen LogP contribution in [0.3, 0.4) is 0 Å². The maximum Gasteiger partial charge on any atom is 0.0701 e. The van der Waals surface area contributed by atoms with Crippen LogP contribution in [0.1, 0.15) is 244 Å². The van der Waals surface area contributed by atoms with E-state index in [1.807, 2.05) is 0 Å². The molecule has 0 amide bonds. The van der Waals surface area contributed by atoms with Gasteiger partial charge in [0, 0.05) is 38.3 Å². The third-order valence-electron chi connectivity index (χ3n) is 20.1. The maximum absolute atomic E-state index is 6.49. The average Bonchev–Trinajstić information content (AvgIpc) is 4.07. The summed E-state index contributed by atoms with van der Waals surface area (Å²) in [6.45, 7) is 39.6. The zero-order valence-corrected chi connectivity index (χ0v) is 53.3. The van der Waals surface area contributed by atoms with Crippen LogP contribution in [0, 0.1) is 5.41 Å². The molecule has 0 spiro atoms. The molecule has 0 saturated heterocycles. The van der Waals surface area contributed by atoms with Gasteiger partial charge < -0.3 is 28.4 Å². The Morgan fingerprint density at radius 3 is 0.949 bits per heavy atom. The molecule has 0 heterocycles. The molecular formula is C73H112O6. The third-order valence-corrected chi connectivity index (χ3v) is 20.1. The molecule has 0 saturated carbocycles. The lowest BCUT2D eigenvalue weighted by Gasteiger charge is -2.44. The molecule has 0 aromatic heterocycles. The molecule has 6 heteroatoms. The van der Waals surface area contributed by atoms with Gasteiger partial charge in [-0.1, -0.05) is 247 Å². The lowest BCUT2D eigenvalue weighted by atomic mass is 9.59. The van der Waals surface area contributed by atoms with E-state index in [1.54, 1.807) is 25.3 Å². The molecule has 0 radical (unpaired) electrons. The minimum absolute atomic E-state index is 0.0117. The Bertz CT molecular complexity index is 2460. The second-order valence-electron chi connectivity index (χ2n) is 27.6. The van der Waals surface area contributed by atoms with Crippen molar-refractivity contribution in [3.63, 3.8) is 0 Å². The quantitative estimate of drug-likeness (QED) is 0.0423. The van der Waals surface area contributed by atoms with E-state index < -0.39 is 0 Å². The number of methoxy groups -OCH3 is 2. The summed E-state index contributed by atoms with van der Waals surface area (Å²) in [6, 6.07) is 30.3. The summed E-state index contributed by atoms with van der Waals surface area (Å²) < 4.78 is 35.1. The van der Waals surface area contributed by atoms with Crippen molar-refractivity contribution in [2.24, 2.45) is 5.41 Å². The summed E-state index contributed by atoms with van der Waals surface area (Å²) in [4.78, 5) is 0. The standard InChI is InChI=1S/C73H112O6/c1-17-19-21-23-25-27-37-72(38-28-26-24-22-20-18-2)64-52-56(69(9,10)68(6,7)8)30-34-60(64)61-35-31-57(53-65(61)72)70(11,12)71(13,14)58-32-36-62-59-33-29-55(67(3,4)5)51-63(59)73(66(62)54-58,39-41-76-47-49-78-45-43-74-15)40-42-77-48-50-79-46-44-75-16/h29-36,51-54H,17-28,37-50H2,1-16H3. The highest BCUT2D eigenvalue weighted by Gasteiger charge is 2.49. The van der Waals surface area contributed by atoms with Gasteiger partial charge in [-0.25, -0.2) is 0 Å². The first kappa shape index (κ1) is 64.8. The molecule has 440 valence electrons. The smallest absolute Gasteiger partial charge is 0.0701 e. The van der Waals surface area contributed by atoms with Crippen LogP contribution in [0.5, 0.6) is 0 Å². The molecule has 6 nitrogen and oxygen atoms in total. The fourth-order valence-corrected chi connectivity index (χ4v) is 12.9. The Balaban J connectivity index is 1.45. The van der Waals surface area contributed by atoms with Crippen LogP contribution in [0.25, 0.3) is 22.3 Å². The van der Waals surface area contributed by atoms with E-state index in [0.29, 0.717) is 66.1 Å². The fraction of sp³-hybridized carbons (Fsp3) is 0.671. The van der Waals surface area contributed by atoms with Gasteiger partial charge in [-0.05, 0) is 120 Å². The minimum atomic E-state index is -0.331. The Morgan fingerprint density at radius 1 is 0.316 bits per heavy atom. The molecule has 0 atom stereocenters. The van der Waals surface area contributed by atoms with Gasteiger partial charge in [0.1, 0.15) is 0 Å². The summed E-state index contributed by atoms with van der Waals surface area (Å²) in [5.41, 5.74) is 16.5. The van der Waals surface area contributed by atoms with Crippen molar-refractivity contribution in [3.8, 4) is 22.3 Å². The molecule has 0 fully saturated rings. The number of unbranched alkanes of at least 4 members (excludes halogenated alkanes) is 10. The van der Waals surface area contributed by atoms with Crippen LogP contribution < -0.4 is 0 Å². The first-order valence-electron chi connectivity index (χ1n) is 31.5. The highest BCUT2D eigenvalue weighted by molar-refractivity contribution is 5.83. The van der Waals surface area contributed by atoms with Crippen LogP contribution >= 0.6 is 0 Å². The second-order valence-corrected chi connectivity index (χ2v) is 27.6. The molecule has 0 N–H and O–H groups in total. The Hall–Kier alpha value is -3.36. The van der Waals surface area contributed by atoms with E-state index in [4.69, 9.17) is 28.4 Å². The topological polar surface area (TPSA) is 55.4 Å². The number of ether oxygens (including phenoxy) is 6. The summed E-state index contributed by atoms with van der Waals surface area (Å²) in [5.74, 6) is 0. The van der Waals surface area contributed by atoms with Gasteiger partial charge >= 0.3 is 0 Å². The van der Waals surface area contributed by atoms with Crippen molar-refractivity contribution < 1.29 is 28.4 Å². The average molecular weight is 1090 g/mol. The van der Waals surface area contributed by atoms with Crippen LogP contribution in [-0.4, -0.2) is 80.3 Å². The number of hydrogen-bond acceptors (Lipinski definition) is 6. The SMILES string of the molecule is CCCCCCCCC1(CCCCCCCC)c2cc(C(C)(C)C(C)(C)C)ccc2-c2ccc(C(C)(C)C(C)(C)c3ccc4c(c3)C(CCOCCOCCOC)(CCOCCOCCOC)c3cc(C(C)(C)C)ccc3-4)cc21. The van der Waals surface area contributed by atoms with Gasteiger partial charge in [-0.2, -0.15) is 0 Å². The second kappa shape index (κ2) is 28.8. The summed E-state index contributed by atoms with van der Waals surface area (Å²) in [5, 5.41) is 0. The largest absolute Gasteiger partial charge is 0.382 e. The van der Waals surface area contributed by atoms with Gasteiger partial charge in [0.2, 0.25) is 0 Å². The van der Waals surface area contributed by atoms with E-state index in [2.05, 4.69) is 170 Å². The third kappa shape index (κ3) is 14.9. The summed E-state index contributed by atoms with van der Waals surface area (Å²) in [7, 11) is 3.42. The fourth-order valence-electron chi connectivity index (χ4n) is 12.9. The molecule has 0 aliphatic heterocycles. The maximum atomic E-state index is 6.49. The van der Waals surface area contributed by atoms with Crippen LogP contribution in [-0.2, 0) is 60.9 Å².